The number of para-hydroxylation sites is 2. The molecule has 206 valence electrons. The van der Waals surface area contributed by atoms with Crippen LogP contribution in [0.4, 0.5) is 10.1 Å². The number of hydrogen-bond acceptors (Lipinski definition) is 6. The van der Waals surface area contributed by atoms with Crippen LogP contribution in [0.2, 0.25) is 0 Å². The Kier molecular flexibility index (Phi) is 8.73. The van der Waals surface area contributed by atoms with Gasteiger partial charge in [0.1, 0.15) is 11.6 Å². The molecule has 1 amide bonds. The number of nitrogens with zero attached hydrogens (tertiary/aromatic N) is 3. The number of benzene rings is 3. The summed E-state index contributed by atoms with van der Waals surface area (Å²) in [6.07, 6.45) is 6.95. The molecular weight excluding hydrogens is 626 g/mol. The van der Waals surface area contributed by atoms with E-state index in [1.807, 2.05) is 24.3 Å². The minimum atomic E-state index is -0.529. The van der Waals surface area contributed by atoms with Crippen molar-refractivity contribution in [2.75, 3.05) is 19.0 Å². The maximum atomic E-state index is 13.9. The number of halogens is 2. The Morgan fingerprint density at radius 3 is 2.67 bits per heavy atom. The molecule has 1 saturated carbocycles. The highest BCUT2D eigenvalue weighted by molar-refractivity contribution is 14.1. The van der Waals surface area contributed by atoms with Crippen LogP contribution in [0.25, 0.3) is 10.9 Å². The highest BCUT2D eigenvalue weighted by atomic mass is 127. The van der Waals surface area contributed by atoms with Gasteiger partial charge in [-0.25, -0.2) is 9.37 Å². The predicted octanol–water partition coefficient (Wildman–Crippen LogP) is 6.10. The molecule has 1 aromatic heterocycles. The van der Waals surface area contributed by atoms with Crippen LogP contribution in [0.1, 0.15) is 49.4 Å². The van der Waals surface area contributed by atoms with Crippen LogP contribution < -0.4 is 20.3 Å². The van der Waals surface area contributed by atoms with Crippen molar-refractivity contribution >= 4 is 51.3 Å². The summed E-state index contributed by atoms with van der Waals surface area (Å²) in [6.45, 7) is -0.336. The lowest BCUT2D eigenvalue weighted by Crippen LogP contribution is -2.25. The van der Waals surface area contributed by atoms with E-state index >= 15 is 0 Å². The standard InChI is InChI=1S/C30H28FIN4O4/c1-39-26-16-19(15-23(32)28(26)40-18-27(37)34-25-14-8-6-12-22(25)31)17-33-36-29(20-9-3-2-4-10-20)35-24-13-7-5-11-21(24)30(36)38/h5-8,11-17,20H,2-4,9-10,18H2,1H3,(H,34,37). The van der Waals surface area contributed by atoms with Crippen molar-refractivity contribution < 1.29 is 18.7 Å². The maximum absolute atomic E-state index is 13.9. The molecule has 0 radical (unpaired) electrons. The van der Waals surface area contributed by atoms with Crippen molar-refractivity contribution in [3.05, 3.63) is 91.8 Å². The number of rotatable bonds is 8. The predicted molar refractivity (Wildman–Crippen MR) is 161 cm³/mol. The van der Waals surface area contributed by atoms with Gasteiger partial charge in [-0.05, 0) is 77.4 Å². The van der Waals surface area contributed by atoms with Crippen LogP contribution in [0.15, 0.2) is 70.6 Å². The van der Waals surface area contributed by atoms with E-state index in [2.05, 4.69) is 33.0 Å². The molecule has 8 nitrogen and oxygen atoms in total. The van der Waals surface area contributed by atoms with Crippen LogP contribution in [0.5, 0.6) is 11.5 Å². The van der Waals surface area contributed by atoms with E-state index in [4.69, 9.17) is 14.5 Å². The average molecular weight is 654 g/mol. The summed E-state index contributed by atoms with van der Waals surface area (Å²) in [5.74, 6) is 0.581. The lowest BCUT2D eigenvalue weighted by Gasteiger charge is -2.22. The average Bonchev–Trinajstić information content (AvgIpc) is 2.97. The van der Waals surface area contributed by atoms with Gasteiger partial charge in [-0.2, -0.15) is 9.78 Å². The van der Waals surface area contributed by atoms with Crippen molar-refractivity contribution in [3.8, 4) is 11.5 Å². The quantitative estimate of drug-likeness (QED) is 0.183. The third-order valence-electron chi connectivity index (χ3n) is 6.82. The van der Waals surface area contributed by atoms with Crippen LogP contribution in [-0.4, -0.2) is 35.5 Å². The fraction of sp³-hybridized carbons (Fsp3) is 0.267. The molecule has 1 fully saturated rings. The zero-order chi connectivity index (χ0) is 28.1. The summed E-state index contributed by atoms with van der Waals surface area (Å²) >= 11 is 2.09. The normalized spacial score (nSPS) is 14.0. The molecule has 0 atom stereocenters. The molecule has 1 heterocycles. The molecule has 1 aliphatic rings. The number of aromatic nitrogens is 2. The van der Waals surface area contributed by atoms with Crippen LogP contribution in [-0.2, 0) is 4.79 Å². The molecule has 0 saturated heterocycles. The summed E-state index contributed by atoms with van der Waals surface area (Å²) in [5.41, 5.74) is 1.23. The van der Waals surface area contributed by atoms with Gasteiger partial charge in [-0.3, -0.25) is 9.59 Å². The third-order valence-corrected chi connectivity index (χ3v) is 7.62. The molecule has 0 bridgehead atoms. The van der Waals surface area contributed by atoms with Crippen molar-refractivity contribution in [1.82, 2.24) is 9.66 Å². The lowest BCUT2D eigenvalue weighted by atomic mass is 9.88. The number of ether oxygens (including phenoxy) is 2. The molecule has 4 aromatic rings. The van der Waals surface area contributed by atoms with Crippen molar-refractivity contribution in [3.63, 3.8) is 0 Å². The monoisotopic (exact) mass is 654 g/mol. The van der Waals surface area contributed by atoms with Crippen LogP contribution >= 0.6 is 22.6 Å². The van der Waals surface area contributed by atoms with Gasteiger partial charge in [-0.15, -0.1) is 0 Å². The molecule has 1 aliphatic carbocycles. The number of hydrogen-bond donors (Lipinski definition) is 1. The minimum absolute atomic E-state index is 0.0790. The van der Waals surface area contributed by atoms with Crippen molar-refractivity contribution in [2.45, 2.75) is 38.0 Å². The Labute approximate surface area is 244 Å². The van der Waals surface area contributed by atoms with Crippen molar-refractivity contribution in [2.24, 2.45) is 5.10 Å². The van der Waals surface area contributed by atoms with Gasteiger partial charge >= 0.3 is 0 Å². The summed E-state index contributed by atoms with van der Waals surface area (Å²) in [6, 6.07) is 16.8. The molecule has 10 heteroatoms. The molecule has 5 rings (SSSR count). The number of nitrogens with one attached hydrogen (secondary N) is 1. The largest absolute Gasteiger partial charge is 0.493 e. The summed E-state index contributed by atoms with van der Waals surface area (Å²) in [7, 11) is 1.50. The summed E-state index contributed by atoms with van der Waals surface area (Å²) in [5, 5.41) is 7.61. The van der Waals surface area contributed by atoms with Crippen LogP contribution in [0, 0.1) is 9.39 Å². The summed E-state index contributed by atoms with van der Waals surface area (Å²) in [4.78, 5) is 30.7. The number of fused-ring (bicyclic) bond motifs is 1. The second-order valence-corrected chi connectivity index (χ2v) is 10.7. The van der Waals surface area contributed by atoms with E-state index in [-0.39, 0.29) is 23.8 Å². The van der Waals surface area contributed by atoms with Gasteiger partial charge in [0.15, 0.2) is 18.1 Å². The number of carbonyl (C=O) groups is 1. The Balaban J connectivity index is 1.40. The molecule has 1 N–H and O–H groups in total. The molecule has 40 heavy (non-hydrogen) atoms. The van der Waals surface area contributed by atoms with Gasteiger partial charge in [0.2, 0.25) is 0 Å². The van der Waals surface area contributed by atoms with E-state index in [1.165, 1.54) is 30.3 Å². The van der Waals surface area contributed by atoms with E-state index in [0.29, 0.717) is 37.4 Å². The first-order valence-corrected chi connectivity index (χ1v) is 14.1. The highest BCUT2D eigenvalue weighted by Gasteiger charge is 2.22. The first-order chi connectivity index (χ1) is 19.4. The fourth-order valence-electron chi connectivity index (χ4n) is 4.84. The zero-order valence-corrected chi connectivity index (χ0v) is 24.1. The van der Waals surface area contributed by atoms with Gasteiger partial charge in [0, 0.05) is 5.92 Å². The first-order valence-electron chi connectivity index (χ1n) is 13.1. The SMILES string of the molecule is COc1cc(C=Nn2c(C3CCCCC3)nc3ccccc3c2=O)cc(I)c1OCC(=O)Nc1ccccc1F. The Bertz CT molecular complexity index is 1630. The van der Waals surface area contributed by atoms with Gasteiger partial charge < -0.3 is 14.8 Å². The van der Waals surface area contributed by atoms with E-state index < -0.39 is 11.7 Å². The molecule has 0 spiro atoms. The second kappa shape index (κ2) is 12.6. The smallest absolute Gasteiger partial charge is 0.282 e. The molecular formula is C30H28FIN4O4. The number of carbonyl (C=O) groups excluding carboxylic acids is 1. The number of anilines is 1. The Hall–Kier alpha value is -3.80. The number of amides is 1. The summed E-state index contributed by atoms with van der Waals surface area (Å²) < 4.78 is 27.2. The molecule has 0 unspecified atom stereocenters. The van der Waals surface area contributed by atoms with Gasteiger partial charge in [0.05, 0.1) is 33.5 Å². The zero-order valence-electron chi connectivity index (χ0n) is 21.9. The van der Waals surface area contributed by atoms with E-state index in [1.54, 1.807) is 30.5 Å². The van der Waals surface area contributed by atoms with Gasteiger partial charge in [0.25, 0.3) is 11.5 Å². The van der Waals surface area contributed by atoms with Crippen LogP contribution in [0.3, 0.4) is 0 Å². The van der Waals surface area contributed by atoms with Gasteiger partial charge in [-0.1, -0.05) is 43.5 Å². The van der Waals surface area contributed by atoms with E-state index in [0.717, 1.165) is 25.7 Å². The van der Waals surface area contributed by atoms with Crippen molar-refractivity contribution in [1.29, 1.82) is 0 Å². The number of methoxy groups -OCH3 is 1. The Morgan fingerprint density at radius 2 is 1.90 bits per heavy atom. The lowest BCUT2D eigenvalue weighted by molar-refractivity contribution is -0.118. The third kappa shape index (κ3) is 6.16. The first kappa shape index (κ1) is 27.8. The fourth-order valence-corrected chi connectivity index (χ4v) is 5.62. The molecule has 0 aliphatic heterocycles. The minimum Gasteiger partial charge on any atom is -0.493 e. The molecule has 3 aromatic carbocycles. The highest BCUT2D eigenvalue weighted by Crippen LogP contribution is 2.34. The second-order valence-electron chi connectivity index (χ2n) is 9.53. The topological polar surface area (TPSA) is 94.8 Å². The maximum Gasteiger partial charge on any atom is 0.282 e. The van der Waals surface area contributed by atoms with E-state index in [9.17, 15) is 14.0 Å². The Morgan fingerprint density at radius 1 is 1.15 bits per heavy atom.